The number of amides is 2. The molecular formula is C14H19BrN2O3. The third-order valence-electron chi connectivity index (χ3n) is 2.38. The van der Waals surface area contributed by atoms with E-state index in [2.05, 4.69) is 26.8 Å². The maximum Gasteiger partial charge on any atom is 0.426 e. The van der Waals surface area contributed by atoms with Gasteiger partial charge in [0.2, 0.25) is 0 Å². The molecule has 1 rings (SSSR count). The summed E-state index contributed by atoms with van der Waals surface area (Å²) in [6.45, 7) is 9.03. The lowest BCUT2D eigenvalue weighted by Crippen LogP contribution is -2.44. The van der Waals surface area contributed by atoms with Gasteiger partial charge in [-0.15, -0.1) is 0 Å². The highest BCUT2D eigenvalue weighted by atomic mass is 79.9. The van der Waals surface area contributed by atoms with E-state index in [-0.39, 0.29) is 0 Å². The van der Waals surface area contributed by atoms with Crippen LogP contribution in [0, 0.1) is 13.8 Å². The van der Waals surface area contributed by atoms with E-state index >= 15 is 0 Å². The van der Waals surface area contributed by atoms with Crippen molar-refractivity contribution in [2.24, 2.45) is 0 Å². The number of carbonyl (C=O) groups is 2. The van der Waals surface area contributed by atoms with Crippen LogP contribution in [0.25, 0.3) is 0 Å². The second-order valence-corrected chi connectivity index (χ2v) is 6.30. The van der Waals surface area contributed by atoms with E-state index in [0.29, 0.717) is 5.56 Å². The van der Waals surface area contributed by atoms with Crippen molar-refractivity contribution in [2.45, 2.75) is 40.2 Å². The number of halogens is 1. The topological polar surface area (TPSA) is 67.4 Å². The minimum absolute atomic E-state index is 0.394. The molecule has 0 bridgehead atoms. The van der Waals surface area contributed by atoms with Crippen molar-refractivity contribution in [1.82, 2.24) is 10.9 Å². The Bertz CT molecular complexity index is 513. The summed E-state index contributed by atoms with van der Waals surface area (Å²) in [4.78, 5) is 23.4. The number of hydrazine groups is 1. The van der Waals surface area contributed by atoms with Gasteiger partial charge < -0.3 is 4.74 Å². The molecule has 0 spiro atoms. The molecular weight excluding hydrogens is 324 g/mol. The average molecular weight is 343 g/mol. The molecule has 0 radical (unpaired) electrons. The van der Waals surface area contributed by atoms with Gasteiger partial charge in [-0.3, -0.25) is 10.2 Å². The van der Waals surface area contributed by atoms with E-state index in [1.807, 2.05) is 13.8 Å². The van der Waals surface area contributed by atoms with Crippen LogP contribution in [-0.4, -0.2) is 17.6 Å². The van der Waals surface area contributed by atoms with Gasteiger partial charge in [0.25, 0.3) is 5.91 Å². The van der Waals surface area contributed by atoms with E-state index in [4.69, 9.17) is 4.74 Å². The van der Waals surface area contributed by atoms with Crippen molar-refractivity contribution in [2.75, 3.05) is 0 Å². The largest absolute Gasteiger partial charge is 0.443 e. The fourth-order valence-electron chi connectivity index (χ4n) is 1.56. The van der Waals surface area contributed by atoms with E-state index in [1.165, 1.54) is 0 Å². The first kappa shape index (κ1) is 16.5. The van der Waals surface area contributed by atoms with E-state index < -0.39 is 17.6 Å². The van der Waals surface area contributed by atoms with Crippen LogP contribution in [0.2, 0.25) is 0 Å². The molecule has 0 aliphatic heterocycles. The lowest BCUT2D eigenvalue weighted by Gasteiger charge is -2.19. The Morgan fingerprint density at radius 1 is 1.10 bits per heavy atom. The molecule has 2 amide bonds. The molecule has 1 aromatic rings. The van der Waals surface area contributed by atoms with Crippen molar-refractivity contribution in [1.29, 1.82) is 0 Å². The smallest absolute Gasteiger partial charge is 0.426 e. The third-order valence-corrected chi connectivity index (χ3v) is 3.63. The van der Waals surface area contributed by atoms with Crippen molar-refractivity contribution in [3.8, 4) is 0 Å². The lowest BCUT2D eigenvalue weighted by atomic mass is 10.1. The van der Waals surface area contributed by atoms with Gasteiger partial charge in [0.05, 0.1) is 0 Å². The summed E-state index contributed by atoms with van der Waals surface area (Å²) in [6, 6.07) is 3.48. The van der Waals surface area contributed by atoms with E-state index in [9.17, 15) is 9.59 Å². The molecule has 0 aromatic heterocycles. The van der Waals surface area contributed by atoms with Crippen LogP contribution < -0.4 is 10.9 Å². The van der Waals surface area contributed by atoms with Gasteiger partial charge in [-0.1, -0.05) is 15.9 Å². The molecule has 1 aromatic carbocycles. The van der Waals surface area contributed by atoms with Gasteiger partial charge >= 0.3 is 6.09 Å². The first-order chi connectivity index (χ1) is 9.10. The van der Waals surface area contributed by atoms with Crippen LogP contribution in [0.1, 0.15) is 42.3 Å². The van der Waals surface area contributed by atoms with Gasteiger partial charge in [0, 0.05) is 10.0 Å². The Morgan fingerprint density at radius 2 is 1.60 bits per heavy atom. The van der Waals surface area contributed by atoms with Crippen molar-refractivity contribution < 1.29 is 14.3 Å². The lowest BCUT2D eigenvalue weighted by molar-refractivity contribution is 0.0483. The third kappa shape index (κ3) is 4.85. The van der Waals surface area contributed by atoms with Gasteiger partial charge in [-0.25, -0.2) is 10.2 Å². The van der Waals surface area contributed by atoms with Crippen LogP contribution in [0.15, 0.2) is 16.6 Å². The molecule has 0 aliphatic rings. The first-order valence-corrected chi connectivity index (χ1v) is 6.95. The SMILES string of the molecule is Cc1cc(C(=O)NNC(=O)OC(C)(C)C)cc(C)c1Br. The molecule has 110 valence electrons. The first-order valence-electron chi connectivity index (χ1n) is 6.16. The second-order valence-electron chi connectivity index (χ2n) is 5.51. The normalized spacial score (nSPS) is 10.9. The zero-order valence-corrected chi connectivity index (χ0v) is 13.8. The van der Waals surface area contributed by atoms with Crippen molar-refractivity contribution >= 4 is 27.9 Å². The molecule has 0 atom stereocenters. The molecule has 20 heavy (non-hydrogen) atoms. The van der Waals surface area contributed by atoms with E-state index in [0.717, 1.165) is 15.6 Å². The highest BCUT2D eigenvalue weighted by Gasteiger charge is 2.17. The summed E-state index contributed by atoms with van der Waals surface area (Å²) in [5, 5.41) is 0. The molecule has 0 unspecified atom stereocenters. The minimum Gasteiger partial charge on any atom is -0.443 e. The molecule has 0 heterocycles. The molecule has 6 heteroatoms. The van der Waals surface area contributed by atoms with E-state index in [1.54, 1.807) is 32.9 Å². The Morgan fingerprint density at radius 3 is 2.05 bits per heavy atom. The maximum atomic E-state index is 11.9. The minimum atomic E-state index is -0.698. The summed E-state index contributed by atoms with van der Waals surface area (Å²) < 4.78 is 5.99. The van der Waals surface area contributed by atoms with Crippen LogP contribution >= 0.6 is 15.9 Å². The summed E-state index contributed by atoms with van der Waals surface area (Å²) in [6.07, 6.45) is -0.698. The van der Waals surface area contributed by atoms with Gasteiger partial charge in [-0.2, -0.15) is 0 Å². The zero-order valence-electron chi connectivity index (χ0n) is 12.3. The number of rotatable bonds is 1. The average Bonchev–Trinajstić information content (AvgIpc) is 2.30. The molecule has 0 saturated carbocycles. The highest BCUT2D eigenvalue weighted by molar-refractivity contribution is 9.10. The highest BCUT2D eigenvalue weighted by Crippen LogP contribution is 2.22. The molecule has 0 fully saturated rings. The molecule has 0 aliphatic carbocycles. The number of hydrogen-bond donors (Lipinski definition) is 2. The van der Waals surface area contributed by atoms with Crippen molar-refractivity contribution in [3.05, 3.63) is 33.3 Å². The zero-order chi connectivity index (χ0) is 15.5. The second kappa shape index (κ2) is 6.26. The summed E-state index contributed by atoms with van der Waals surface area (Å²) >= 11 is 3.44. The summed E-state index contributed by atoms with van der Waals surface area (Å²) in [7, 11) is 0. The molecule has 5 nitrogen and oxygen atoms in total. The number of aryl methyl sites for hydroxylation is 2. The van der Waals surface area contributed by atoms with Gasteiger partial charge in [0.1, 0.15) is 5.60 Å². The quantitative estimate of drug-likeness (QED) is 0.770. The number of ether oxygens (including phenoxy) is 1. The van der Waals surface area contributed by atoms with Crippen LogP contribution in [0.5, 0.6) is 0 Å². The van der Waals surface area contributed by atoms with Gasteiger partial charge in [-0.05, 0) is 57.9 Å². The number of hydrogen-bond acceptors (Lipinski definition) is 3. The number of nitrogens with one attached hydrogen (secondary N) is 2. The Labute approximate surface area is 127 Å². The van der Waals surface area contributed by atoms with Crippen LogP contribution in [0.4, 0.5) is 4.79 Å². The number of benzene rings is 1. The fourth-order valence-corrected chi connectivity index (χ4v) is 1.79. The maximum absolute atomic E-state index is 11.9. The monoisotopic (exact) mass is 342 g/mol. The van der Waals surface area contributed by atoms with Crippen LogP contribution in [-0.2, 0) is 4.74 Å². The standard InChI is InChI=1S/C14H19BrN2O3/c1-8-6-10(7-9(2)11(8)15)12(18)16-17-13(19)20-14(3,4)5/h6-7H,1-5H3,(H,16,18)(H,17,19). The Kier molecular flexibility index (Phi) is 5.16. The molecule has 0 saturated heterocycles. The predicted octanol–water partition coefficient (Wildman–Crippen LogP) is 3.24. The van der Waals surface area contributed by atoms with Crippen LogP contribution in [0.3, 0.4) is 0 Å². The van der Waals surface area contributed by atoms with Crippen molar-refractivity contribution in [3.63, 3.8) is 0 Å². The predicted molar refractivity (Wildman–Crippen MR) is 80.5 cm³/mol. The Balaban J connectivity index is 2.66. The summed E-state index contributed by atoms with van der Waals surface area (Å²) in [5.74, 6) is -0.394. The fraction of sp³-hybridized carbons (Fsp3) is 0.429. The Hall–Kier alpha value is -1.56. The van der Waals surface area contributed by atoms with Gasteiger partial charge in [0.15, 0.2) is 0 Å². The molecule has 2 N–H and O–H groups in total. The number of carbonyl (C=O) groups excluding carboxylic acids is 2. The summed E-state index contributed by atoms with van der Waals surface area (Å²) in [5.41, 5.74) is 6.30.